The molecule has 0 unspecified atom stereocenters. The lowest BCUT2D eigenvalue weighted by atomic mass is 10.1. The summed E-state index contributed by atoms with van der Waals surface area (Å²) >= 11 is 0. The Morgan fingerprint density at radius 3 is 2.19 bits per heavy atom. The molecule has 5 heteroatoms. The molecule has 0 spiro atoms. The predicted octanol–water partition coefficient (Wildman–Crippen LogP) is 2.65. The van der Waals surface area contributed by atoms with E-state index in [1.165, 1.54) is 20.3 Å². The van der Waals surface area contributed by atoms with Gasteiger partial charge in [0, 0.05) is 0 Å². The van der Waals surface area contributed by atoms with Crippen LogP contribution in [0.3, 0.4) is 0 Å². The first-order valence-corrected chi connectivity index (χ1v) is 4.57. The third-order valence-corrected chi connectivity index (χ3v) is 2.16. The highest BCUT2D eigenvalue weighted by molar-refractivity contribution is 5.73. The van der Waals surface area contributed by atoms with Crippen LogP contribution in [0, 0.1) is 10.1 Å². The quantitative estimate of drug-likeness (QED) is 0.581. The average molecular weight is 223 g/mol. The minimum Gasteiger partial charge on any atom is -0.493 e. The van der Waals surface area contributed by atoms with Crippen molar-refractivity contribution in [3.8, 4) is 11.5 Å². The van der Waals surface area contributed by atoms with Gasteiger partial charge in [-0.1, -0.05) is 6.58 Å². The van der Waals surface area contributed by atoms with Crippen molar-refractivity contribution in [3.05, 3.63) is 34.4 Å². The maximum atomic E-state index is 10.9. The van der Waals surface area contributed by atoms with Gasteiger partial charge in [-0.05, 0) is 18.6 Å². The van der Waals surface area contributed by atoms with Crippen LogP contribution in [0.15, 0.2) is 18.7 Å². The molecule has 1 aromatic rings. The van der Waals surface area contributed by atoms with Crippen molar-refractivity contribution >= 4 is 11.3 Å². The summed E-state index contributed by atoms with van der Waals surface area (Å²) < 4.78 is 10.1. The Labute approximate surface area is 93.4 Å². The molecular weight excluding hydrogens is 210 g/mol. The Hall–Kier alpha value is -2.04. The van der Waals surface area contributed by atoms with Crippen molar-refractivity contribution in [3.63, 3.8) is 0 Å². The highest BCUT2D eigenvalue weighted by Crippen LogP contribution is 2.36. The average Bonchev–Trinajstić information content (AvgIpc) is 2.26. The van der Waals surface area contributed by atoms with Crippen LogP contribution in [0.2, 0.25) is 0 Å². The fourth-order valence-electron chi connectivity index (χ4n) is 1.36. The summed E-state index contributed by atoms with van der Waals surface area (Å²) in [7, 11) is 2.91. The maximum Gasteiger partial charge on any atom is 0.280 e. The summed E-state index contributed by atoms with van der Waals surface area (Å²) in [6.45, 7) is 5.40. The van der Waals surface area contributed by atoms with Crippen LogP contribution < -0.4 is 9.47 Å². The summed E-state index contributed by atoms with van der Waals surface area (Å²) in [6.07, 6.45) is 0. The molecule has 16 heavy (non-hydrogen) atoms. The molecule has 0 heterocycles. The van der Waals surface area contributed by atoms with Crippen LogP contribution in [-0.2, 0) is 0 Å². The number of ether oxygens (including phenoxy) is 2. The van der Waals surface area contributed by atoms with E-state index in [9.17, 15) is 10.1 Å². The van der Waals surface area contributed by atoms with Gasteiger partial charge in [-0.15, -0.1) is 0 Å². The molecular formula is C11H13NO4. The van der Waals surface area contributed by atoms with Gasteiger partial charge in [-0.2, -0.15) is 0 Å². The third-order valence-electron chi connectivity index (χ3n) is 2.16. The van der Waals surface area contributed by atoms with Gasteiger partial charge < -0.3 is 9.47 Å². The summed E-state index contributed by atoms with van der Waals surface area (Å²) in [5.74, 6) is 0.783. The molecule has 0 aromatic heterocycles. The van der Waals surface area contributed by atoms with Gasteiger partial charge in [0.15, 0.2) is 11.5 Å². The van der Waals surface area contributed by atoms with E-state index in [1.807, 2.05) is 0 Å². The Bertz CT molecular complexity index is 399. The number of nitro groups is 1. The van der Waals surface area contributed by atoms with Crippen molar-refractivity contribution in [2.45, 2.75) is 6.92 Å². The number of benzene rings is 1. The molecule has 0 saturated carbocycles. The molecule has 0 atom stereocenters. The number of nitro benzene ring substituents is 1. The molecule has 0 bridgehead atoms. The van der Waals surface area contributed by atoms with Crippen LogP contribution in [0.5, 0.6) is 11.5 Å². The van der Waals surface area contributed by atoms with Gasteiger partial charge in [0.05, 0.1) is 30.8 Å². The molecule has 0 aliphatic heterocycles. The second-order valence-corrected chi connectivity index (χ2v) is 3.26. The van der Waals surface area contributed by atoms with E-state index in [4.69, 9.17) is 9.47 Å². The SMILES string of the molecule is C=C(C)c1cc(OC)c(OC)cc1[N+](=O)[O-]. The Balaban J connectivity index is 3.47. The number of allylic oxidation sites excluding steroid dienone is 1. The minimum absolute atomic E-state index is 0.0369. The Morgan fingerprint density at radius 1 is 1.31 bits per heavy atom. The minimum atomic E-state index is -0.466. The van der Waals surface area contributed by atoms with E-state index in [0.29, 0.717) is 22.6 Å². The monoisotopic (exact) mass is 223 g/mol. The topological polar surface area (TPSA) is 61.6 Å². The molecule has 0 saturated heterocycles. The molecule has 0 aliphatic rings. The van der Waals surface area contributed by atoms with Crippen LogP contribution in [-0.4, -0.2) is 19.1 Å². The van der Waals surface area contributed by atoms with Gasteiger partial charge in [-0.3, -0.25) is 10.1 Å². The van der Waals surface area contributed by atoms with Crippen LogP contribution in [0.25, 0.3) is 5.57 Å². The van der Waals surface area contributed by atoms with E-state index in [1.54, 1.807) is 13.0 Å². The van der Waals surface area contributed by atoms with E-state index in [0.717, 1.165) is 0 Å². The summed E-state index contributed by atoms with van der Waals surface area (Å²) in [5.41, 5.74) is 1.01. The first-order valence-electron chi connectivity index (χ1n) is 4.57. The highest BCUT2D eigenvalue weighted by Gasteiger charge is 2.19. The van der Waals surface area contributed by atoms with E-state index >= 15 is 0 Å². The lowest BCUT2D eigenvalue weighted by Gasteiger charge is -2.10. The van der Waals surface area contributed by atoms with Crippen molar-refractivity contribution in [1.82, 2.24) is 0 Å². The maximum absolute atomic E-state index is 10.9. The zero-order valence-corrected chi connectivity index (χ0v) is 9.44. The second kappa shape index (κ2) is 4.65. The summed E-state index contributed by atoms with van der Waals surface area (Å²) in [4.78, 5) is 10.4. The number of hydrogen-bond donors (Lipinski definition) is 0. The molecule has 0 N–H and O–H groups in total. The zero-order chi connectivity index (χ0) is 12.3. The highest BCUT2D eigenvalue weighted by atomic mass is 16.6. The zero-order valence-electron chi connectivity index (χ0n) is 9.44. The molecule has 0 aliphatic carbocycles. The Morgan fingerprint density at radius 2 is 1.81 bits per heavy atom. The van der Waals surface area contributed by atoms with E-state index in [2.05, 4.69) is 6.58 Å². The van der Waals surface area contributed by atoms with Gasteiger partial charge in [0.2, 0.25) is 0 Å². The number of hydrogen-bond acceptors (Lipinski definition) is 4. The van der Waals surface area contributed by atoms with E-state index < -0.39 is 4.92 Å². The number of methoxy groups -OCH3 is 2. The van der Waals surface area contributed by atoms with Crippen LogP contribution in [0.4, 0.5) is 5.69 Å². The van der Waals surface area contributed by atoms with Gasteiger partial charge in [-0.25, -0.2) is 0 Å². The molecule has 1 rings (SSSR count). The molecule has 0 radical (unpaired) electrons. The molecule has 0 fully saturated rings. The van der Waals surface area contributed by atoms with Crippen LogP contribution >= 0.6 is 0 Å². The fraction of sp³-hybridized carbons (Fsp3) is 0.273. The lowest BCUT2D eigenvalue weighted by Crippen LogP contribution is -1.97. The molecule has 1 aromatic carbocycles. The molecule has 5 nitrogen and oxygen atoms in total. The normalized spacial score (nSPS) is 9.69. The summed E-state index contributed by atoms with van der Waals surface area (Å²) in [5, 5.41) is 10.9. The summed E-state index contributed by atoms with van der Waals surface area (Å²) in [6, 6.07) is 2.89. The number of nitrogens with zero attached hydrogens (tertiary/aromatic N) is 1. The van der Waals surface area contributed by atoms with Crippen molar-refractivity contribution in [2.24, 2.45) is 0 Å². The van der Waals surface area contributed by atoms with Crippen molar-refractivity contribution in [2.75, 3.05) is 14.2 Å². The largest absolute Gasteiger partial charge is 0.493 e. The van der Waals surface area contributed by atoms with Crippen molar-refractivity contribution in [1.29, 1.82) is 0 Å². The first kappa shape index (κ1) is 12.0. The third kappa shape index (κ3) is 2.13. The van der Waals surface area contributed by atoms with Gasteiger partial charge in [0.1, 0.15) is 0 Å². The smallest absolute Gasteiger partial charge is 0.280 e. The first-order chi connectivity index (χ1) is 7.51. The standard InChI is InChI=1S/C11H13NO4/c1-7(2)8-5-10(15-3)11(16-4)6-9(8)12(13)14/h5-6H,1H2,2-4H3. The predicted molar refractivity (Wildman–Crippen MR) is 60.9 cm³/mol. The van der Waals surface area contributed by atoms with E-state index in [-0.39, 0.29) is 5.69 Å². The second-order valence-electron chi connectivity index (χ2n) is 3.26. The number of rotatable bonds is 4. The van der Waals surface area contributed by atoms with Gasteiger partial charge in [0.25, 0.3) is 5.69 Å². The van der Waals surface area contributed by atoms with Gasteiger partial charge >= 0.3 is 0 Å². The lowest BCUT2D eigenvalue weighted by molar-refractivity contribution is -0.385. The fourth-order valence-corrected chi connectivity index (χ4v) is 1.36. The van der Waals surface area contributed by atoms with Crippen molar-refractivity contribution < 1.29 is 14.4 Å². The molecule has 86 valence electrons. The molecule has 0 amide bonds. The van der Waals surface area contributed by atoms with Crippen LogP contribution in [0.1, 0.15) is 12.5 Å². The Kier molecular flexibility index (Phi) is 3.50.